The minimum atomic E-state index is -5.00. The number of hydrogen-bond acceptors (Lipinski definition) is 2. The topological polar surface area (TPSA) is 22.1 Å². The van der Waals surface area contributed by atoms with Gasteiger partial charge >= 0.3 is 6.36 Å². The summed E-state index contributed by atoms with van der Waals surface area (Å²) >= 11 is 5.33. The number of hydrogen-bond donors (Lipinski definition) is 0. The first-order chi connectivity index (χ1) is 7.22. The molecule has 0 radical (unpaired) electrons. The zero-order chi connectivity index (χ0) is 12.5. The Morgan fingerprint density at radius 1 is 1.38 bits per heavy atom. The van der Waals surface area contributed by atoms with Crippen molar-refractivity contribution in [3.05, 3.63) is 22.5 Å². The Bertz CT molecular complexity index is 393. The molecule has 0 unspecified atom stereocenters. The number of ether oxygens (including phenoxy) is 1. The van der Waals surface area contributed by atoms with E-state index >= 15 is 0 Å². The molecule has 1 heterocycles. The van der Waals surface area contributed by atoms with Crippen LogP contribution in [0.15, 0.2) is 6.20 Å². The van der Waals surface area contributed by atoms with Crippen LogP contribution in [0.5, 0.6) is 5.75 Å². The molecule has 0 aliphatic rings. The Morgan fingerprint density at radius 3 is 2.38 bits per heavy atom. The fourth-order valence-corrected chi connectivity index (χ4v) is 1.25. The van der Waals surface area contributed by atoms with Crippen molar-refractivity contribution in [2.24, 2.45) is 0 Å². The lowest BCUT2D eigenvalue weighted by Crippen LogP contribution is -2.18. The Hall–Kier alpha value is -1.11. The van der Waals surface area contributed by atoms with Crippen LogP contribution in [0.25, 0.3) is 0 Å². The van der Waals surface area contributed by atoms with E-state index in [1.165, 1.54) is 0 Å². The van der Waals surface area contributed by atoms with Crippen LogP contribution < -0.4 is 4.74 Å². The zero-order valence-corrected chi connectivity index (χ0v) is 8.53. The van der Waals surface area contributed by atoms with E-state index in [0.29, 0.717) is 6.20 Å². The summed E-state index contributed by atoms with van der Waals surface area (Å²) in [6.45, 7) is 1.05. The van der Waals surface area contributed by atoms with Crippen molar-refractivity contribution in [2.45, 2.75) is 19.7 Å². The SMILES string of the molecule is Cc1c(C(F)F)cnc(Cl)c1OC(F)(F)F. The van der Waals surface area contributed by atoms with Gasteiger partial charge in [-0.2, -0.15) is 0 Å². The maximum atomic E-state index is 12.4. The fourth-order valence-electron chi connectivity index (χ4n) is 1.02. The van der Waals surface area contributed by atoms with Gasteiger partial charge in [0.2, 0.25) is 0 Å². The summed E-state index contributed by atoms with van der Waals surface area (Å²) in [6, 6.07) is 0. The van der Waals surface area contributed by atoms with Crippen molar-refractivity contribution in [3.8, 4) is 5.75 Å². The highest BCUT2D eigenvalue weighted by atomic mass is 35.5. The van der Waals surface area contributed by atoms with Gasteiger partial charge in [-0.25, -0.2) is 13.8 Å². The van der Waals surface area contributed by atoms with E-state index in [-0.39, 0.29) is 5.56 Å². The van der Waals surface area contributed by atoms with Gasteiger partial charge in [-0.05, 0) is 6.92 Å². The minimum Gasteiger partial charge on any atom is -0.402 e. The van der Waals surface area contributed by atoms with Crippen LogP contribution in [-0.4, -0.2) is 11.3 Å². The second-order valence-electron chi connectivity index (χ2n) is 2.81. The number of nitrogens with zero attached hydrogens (tertiary/aromatic N) is 1. The van der Waals surface area contributed by atoms with Gasteiger partial charge in [-0.3, -0.25) is 0 Å². The van der Waals surface area contributed by atoms with Crippen LogP contribution in [0.2, 0.25) is 5.15 Å². The monoisotopic (exact) mass is 261 g/mol. The summed E-state index contributed by atoms with van der Waals surface area (Å²) in [5.41, 5.74) is -1.03. The van der Waals surface area contributed by atoms with E-state index in [1.807, 2.05) is 0 Å². The molecule has 1 aromatic rings. The zero-order valence-electron chi connectivity index (χ0n) is 7.78. The number of rotatable bonds is 2. The van der Waals surface area contributed by atoms with Gasteiger partial charge in [0.15, 0.2) is 10.9 Å². The average molecular weight is 262 g/mol. The molecule has 8 heteroatoms. The molecule has 2 nitrogen and oxygen atoms in total. The van der Waals surface area contributed by atoms with Crippen LogP contribution in [0.1, 0.15) is 17.6 Å². The molecule has 0 spiro atoms. The number of aromatic nitrogens is 1. The first-order valence-electron chi connectivity index (χ1n) is 3.91. The smallest absolute Gasteiger partial charge is 0.402 e. The lowest BCUT2D eigenvalue weighted by atomic mass is 10.1. The minimum absolute atomic E-state index is 0.382. The third kappa shape index (κ3) is 2.94. The molecule has 0 saturated heterocycles. The molecule has 90 valence electrons. The van der Waals surface area contributed by atoms with E-state index in [9.17, 15) is 22.0 Å². The van der Waals surface area contributed by atoms with Gasteiger partial charge in [-0.15, -0.1) is 13.2 Å². The predicted octanol–water partition coefficient (Wildman–Crippen LogP) is 3.88. The average Bonchev–Trinajstić information content (AvgIpc) is 2.10. The standard InChI is InChI=1S/C8H5ClF5NO/c1-3-4(7(10)11)2-15-6(9)5(3)16-8(12,13)14/h2,7H,1H3. The second-order valence-corrected chi connectivity index (χ2v) is 3.16. The molecule has 0 fully saturated rings. The predicted molar refractivity (Wildman–Crippen MR) is 45.6 cm³/mol. The molecule has 1 aromatic heterocycles. The van der Waals surface area contributed by atoms with E-state index in [1.54, 1.807) is 0 Å². The Balaban J connectivity index is 3.21. The molecule has 0 bridgehead atoms. The normalized spacial score (nSPS) is 12.0. The molecule has 0 aromatic carbocycles. The van der Waals surface area contributed by atoms with E-state index in [0.717, 1.165) is 6.92 Å². The van der Waals surface area contributed by atoms with Crippen molar-refractivity contribution in [1.82, 2.24) is 4.98 Å². The third-order valence-electron chi connectivity index (χ3n) is 1.73. The highest BCUT2D eigenvalue weighted by Crippen LogP contribution is 2.36. The summed E-state index contributed by atoms with van der Waals surface area (Å²) in [7, 11) is 0. The Morgan fingerprint density at radius 2 is 1.94 bits per heavy atom. The molecule has 0 N–H and O–H groups in total. The fraction of sp³-hybridized carbons (Fsp3) is 0.375. The summed E-state index contributed by atoms with van der Waals surface area (Å²) in [6.07, 6.45) is -7.23. The molecule has 0 aliphatic carbocycles. The van der Waals surface area contributed by atoms with Gasteiger partial charge < -0.3 is 4.74 Å². The van der Waals surface area contributed by atoms with E-state index < -0.39 is 29.3 Å². The summed E-state index contributed by atoms with van der Waals surface area (Å²) < 4.78 is 64.0. The molecular weight excluding hydrogens is 257 g/mol. The van der Waals surface area contributed by atoms with Crippen LogP contribution >= 0.6 is 11.6 Å². The summed E-state index contributed by atoms with van der Waals surface area (Å²) in [5.74, 6) is -0.896. The first-order valence-corrected chi connectivity index (χ1v) is 4.29. The van der Waals surface area contributed by atoms with Crippen LogP contribution in [0.3, 0.4) is 0 Å². The summed E-state index contributed by atoms with van der Waals surface area (Å²) in [4.78, 5) is 3.21. The van der Waals surface area contributed by atoms with Gasteiger partial charge in [0.05, 0.1) is 0 Å². The molecule has 0 saturated carbocycles. The Kier molecular flexibility index (Phi) is 3.57. The van der Waals surface area contributed by atoms with Crippen molar-refractivity contribution in [2.75, 3.05) is 0 Å². The van der Waals surface area contributed by atoms with Gasteiger partial charge in [0.1, 0.15) is 0 Å². The maximum Gasteiger partial charge on any atom is 0.573 e. The number of alkyl halides is 5. The van der Waals surface area contributed by atoms with Crippen molar-refractivity contribution < 1.29 is 26.7 Å². The van der Waals surface area contributed by atoms with Crippen molar-refractivity contribution in [1.29, 1.82) is 0 Å². The summed E-state index contributed by atoms with van der Waals surface area (Å²) in [5, 5.41) is -0.612. The first kappa shape index (κ1) is 13.0. The maximum absolute atomic E-state index is 12.4. The van der Waals surface area contributed by atoms with Crippen LogP contribution in [-0.2, 0) is 0 Å². The highest BCUT2D eigenvalue weighted by molar-refractivity contribution is 6.30. The van der Waals surface area contributed by atoms with Gasteiger partial charge in [-0.1, -0.05) is 11.6 Å². The molecule has 0 aliphatic heterocycles. The van der Waals surface area contributed by atoms with Gasteiger partial charge in [0.25, 0.3) is 6.43 Å². The largest absolute Gasteiger partial charge is 0.573 e. The Labute approximate surface area is 92.0 Å². The molecule has 16 heavy (non-hydrogen) atoms. The quantitative estimate of drug-likeness (QED) is 0.595. The van der Waals surface area contributed by atoms with Gasteiger partial charge in [0, 0.05) is 17.3 Å². The lowest BCUT2D eigenvalue weighted by molar-refractivity contribution is -0.275. The van der Waals surface area contributed by atoms with Crippen LogP contribution in [0, 0.1) is 6.92 Å². The number of pyridine rings is 1. The molecular formula is C8H5ClF5NO. The van der Waals surface area contributed by atoms with E-state index in [4.69, 9.17) is 11.6 Å². The highest BCUT2D eigenvalue weighted by Gasteiger charge is 2.34. The second kappa shape index (κ2) is 4.40. The molecule has 0 atom stereocenters. The molecule has 0 amide bonds. The van der Waals surface area contributed by atoms with E-state index in [2.05, 4.69) is 9.72 Å². The lowest BCUT2D eigenvalue weighted by Gasteiger charge is -2.14. The van der Waals surface area contributed by atoms with Crippen molar-refractivity contribution >= 4 is 11.6 Å². The molecule has 1 rings (SSSR count). The van der Waals surface area contributed by atoms with Crippen molar-refractivity contribution in [3.63, 3.8) is 0 Å². The third-order valence-corrected chi connectivity index (χ3v) is 2.00. The number of halogens is 6. The van der Waals surface area contributed by atoms with Crippen LogP contribution in [0.4, 0.5) is 22.0 Å².